The maximum Gasteiger partial charge on any atom is 0.335 e. The number of esters is 2. The van der Waals surface area contributed by atoms with Gasteiger partial charge in [-0.1, -0.05) is 0 Å². The number of carbonyl (C=O) groups excluding carboxylic acids is 2. The molecule has 0 heterocycles. The number of rotatable bonds is 6. The molecule has 0 fully saturated rings. The van der Waals surface area contributed by atoms with Gasteiger partial charge in [0.05, 0.1) is 25.3 Å². The number of carboxylic acids is 2. The summed E-state index contributed by atoms with van der Waals surface area (Å²) in [7, 11) is 2.64. The van der Waals surface area contributed by atoms with E-state index in [0.29, 0.717) is 6.42 Å². The second-order valence-corrected chi connectivity index (χ2v) is 4.19. The highest BCUT2D eigenvalue weighted by molar-refractivity contribution is 5.91. The number of carbonyl (C=O) groups is 4. The molecule has 0 amide bonds. The molecule has 0 atom stereocenters. The molecule has 2 N–H and O–H groups in total. The van der Waals surface area contributed by atoms with Crippen molar-refractivity contribution < 1.29 is 38.9 Å². The van der Waals surface area contributed by atoms with Gasteiger partial charge in [-0.3, -0.25) is 9.59 Å². The third kappa shape index (κ3) is 8.86. The molecule has 0 aliphatic heterocycles. The molecule has 0 unspecified atom stereocenters. The number of aromatic carboxylic acids is 2. The quantitative estimate of drug-likeness (QED) is 0.754. The zero-order valence-electron chi connectivity index (χ0n) is 12.8. The lowest BCUT2D eigenvalue weighted by Crippen LogP contribution is -2.04. The van der Waals surface area contributed by atoms with Crippen LogP contribution in [0.1, 0.15) is 40.0 Å². The minimum Gasteiger partial charge on any atom is -0.478 e. The Kier molecular flexibility index (Phi) is 9.42. The summed E-state index contributed by atoms with van der Waals surface area (Å²) in [4.78, 5) is 41.7. The number of methoxy groups -OCH3 is 2. The first-order valence-corrected chi connectivity index (χ1v) is 6.52. The molecule has 8 heteroatoms. The Morgan fingerprint density at radius 1 is 0.783 bits per heavy atom. The van der Waals surface area contributed by atoms with Crippen molar-refractivity contribution in [1.82, 2.24) is 0 Å². The molecule has 0 saturated heterocycles. The normalized spacial score (nSPS) is 9.13. The first-order chi connectivity index (χ1) is 10.8. The average Bonchev–Trinajstić information content (AvgIpc) is 2.54. The summed E-state index contributed by atoms with van der Waals surface area (Å²) in [6, 6.07) is 5.02. The van der Waals surface area contributed by atoms with E-state index in [1.165, 1.54) is 38.5 Å². The van der Waals surface area contributed by atoms with Crippen LogP contribution in [0.15, 0.2) is 24.3 Å². The minimum atomic E-state index is -1.06. The van der Waals surface area contributed by atoms with Crippen molar-refractivity contribution in [2.45, 2.75) is 19.3 Å². The molecule has 23 heavy (non-hydrogen) atoms. The van der Waals surface area contributed by atoms with Gasteiger partial charge in [-0.15, -0.1) is 0 Å². The van der Waals surface area contributed by atoms with E-state index in [-0.39, 0.29) is 35.9 Å². The lowest BCUT2D eigenvalue weighted by atomic mass is 10.1. The fraction of sp³-hybridized carbons (Fsp3) is 0.333. The summed E-state index contributed by atoms with van der Waals surface area (Å²) < 4.78 is 8.75. The highest BCUT2D eigenvalue weighted by atomic mass is 16.5. The zero-order valence-corrected chi connectivity index (χ0v) is 12.8. The summed E-state index contributed by atoms with van der Waals surface area (Å²) in [6.45, 7) is 0. The minimum absolute atomic E-state index is 0.0833. The Balaban J connectivity index is 0.000000423. The molecule has 0 aromatic heterocycles. The Morgan fingerprint density at radius 3 is 1.30 bits per heavy atom. The van der Waals surface area contributed by atoms with Crippen molar-refractivity contribution in [3.8, 4) is 0 Å². The number of hydrogen-bond acceptors (Lipinski definition) is 6. The van der Waals surface area contributed by atoms with Crippen molar-refractivity contribution in [2.75, 3.05) is 14.2 Å². The zero-order chi connectivity index (χ0) is 17.8. The van der Waals surface area contributed by atoms with Gasteiger partial charge in [-0.2, -0.15) is 0 Å². The monoisotopic (exact) mass is 326 g/mol. The summed E-state index contributed by atoms with van der Waals surface area (Å²) >= 11 is 0. The molecule has 126 valence electrons. The van der Waals surface area contributed by atoms with Crippen LogP contribution in [0.5, 0.6) is 0 Å². The van der Waals surface area contributed by atoms with Gasteiger partial charge in [-0.05, 0) is 30.7 Å². The molecule has 0 spiro atoms. The highest BCUT2D eigenvalue weighted by Crippen LogP contribution is 2.03. The van der Waals surface area contributed by atoms with Gasteiger partial charge >= 0.3 is 23.9 Å². The van der Waals surface area contributed by atoms with E-state index in [4.69, 9.17) is 10.2 Å². The molecule has 0 aliphatic carbocycles. The van der Waals surface area contributed by atoms with Crippen LogP contribution < -0.4 is 0 Å². The van der Waals surface area contributed by atoms with Crippen LogP contribution in [0.2, 0.25) is 0 Å². The van der Waals surface area contributed by atoms with Crippen LogP contribution in [0.3, 0.4) is 0 Å². The van der Waals surface area contributed by atoms with Gasteiger partial charge in [0.2, 0.25) is 0 Å². The van der Waals surface area contributed by atoms with E-state index in [9.17, 15) is 19.2 Å². The van der Waals surface area contributed by atoms with Crippen LogP contribution in [-0.4, -0.2) is 48.3 Å². The second-order valence-electron chi connectivity index (χ2n) is 4.19. The maximum atomic E-state index is 10.5. The topological polar surface area (TPSA) is 127 Å². The van der Waals surface area contributed by atoms with E-state index in [2.05, 4.69) is 9.47 Å². The fourth-order valence-electron chi connectivity index (χ4n) is 1.34. The number of carboxylic acid groups (broad SMARTS) is 2. The van der Waals surface area contributed by atoms with Crippen LogP contribution in [0.4, 0.5) is 0 Å². The summed E-state index contributed by atoms with van der Waals surface area (Å²) in [5.74, 6) is -2.72. The summed E-state index contributed by atoms with van der Waals surface area (Å²) in [5, 5.41) is 16.9. The van der Waals surface area contributed by atoms with E-state index in [1.807, 2.05) is 0 Å². The molecule has 0 aliphatic rings. The Labute approximate surface area is 132 Å². The molecular formula is C15H18O8. The van der Waals surface area contributed by atoms with Crippen LogP contribution >= 0.6 is 0 Å². The van der Waals surface area contributed by atoms with Gasteiger partial charge in [0, 0.05) is 12.8 Å². The molecule has 1 aromatic carbocycles. The Morgan fingerprint density at radius 2 is 1.09 bits per heavy atom. The largest absolute Gasteiger partial charge is 0.478 e. The lowest BCUT2D eigenvalue weighted by Gasteiger charge is -1.97. The molecule has 1 rings (SSSR count). The third-order valence-corrected chi connectivity index (χ3v) is 2.60. The van der Waals surface area contributed by atoms with Gasteiger partial charge in [0.25, 0.3) is 0 Å². The van der Waals surface area contributed by atoms with Gasteiger partial charge in [-0.25, -0.2) is 9.59 Å². The SMILES string of the molecule is COC(=O)CCCC(=O)OC.O=C(O)c1ccc(C(=O)O)cc1. The second kappa shape index (κ2) is 10.8. The highest BCUT2D eigenvalue weighted by Gasteiger charge is 2.05. The van der Waals surface area contributed by atoms with Crippen LogP contribution in [0.25, 0.3) is 0 Å². The first-order valence-electron chi connectivity index (χ1n) is 6.52. The number of ether oxygens (including phenoxy) is 2. The van der Waals surface area contributed by atoms with E-state index < -0.39 is 11.9 Å². The first kappa shape index (κ1) is 20.1. The van der Waals surface area contributed by atoms with Gasteiger partial charge in [0.15, 0.2) is 0 Å². The molecule has 0 radical (unpaired) electrons. The van der Waals surface area contributed by atoms with Gasteiger partial charge < -0.3 is 19.7 Å². The van der Waals surface area contributed by atoms with Crippen molar-refractivity contribution in [2.24, 2.45) is 0 Å². The fourth-order valence-corrected chi connectivity index (χ4v) is 1.34. The third-order valence-electron chi connectivity index (χ3n) is 2.60. The van der Waals surface area contributed by atoms with Crippen molar-refractivity contribution in [3.05, 3.63) is 35.4 Å². The van der Waals surface area contributed by atoms with Crippen LogP contribution in [-0.2, 0) is 19.1 Å². The number of benzene rings is 1. The van der Waals surface area contributed by atoms with E-state index in [0.717, 1.165) is 0 Å². The lowest BCUT2D eigenvalue weighted by molar-refractivity contribution is -0.142. The maximum absolute atomic E-state index is 10.5. The van der Waals surface area contributed by atoms with Gasteiger partial charge in [0.1, 0.15) is 0 Å². The number of hydrogen-bond donors (Lipinski definition) is 2. The molecule has 1 aromatic rings. The average molecular weight is 326 g/mol. The molecule has 8 nitrogen and oxygen atoms in total. The molecule has 0 bridgehead atoms. The summed E-state index contributed by atoms with van der Waals surface area (Å²) in [5.41, 5.74) is 0.167. The smallest absolute Gasteiger partial charge is 0.335 e. The predicted molar refractivity (Wildman–Crippen MR) is 78.2 cm³/mol. The van der Waals surface area contributed by atoms with E-state index >= 15 is 0 Å². The Bertz CT molecular complexity index is 498. The Hall–Kier alpha value is -2.90. The van der Waals surface area contributed by atoms with E-state index in [1.54, 1.807) is 0 Å². The summed E-state index contributed by atoms with van der Waals surface area (Å²) in [6.07, 6.45) is 1.02. The predicted octanol–water partition coefficient (Wildman–Crippen LogP) is 1.59. The van der Waals surface area contributed by atoms with Crippen molar-refractivity contribution in [3.63, 3.8) is 0 Å². The molecular weight excluding hydrogens is 308 g/mol. The molecule has 0 saturated carbocycles. The van der Waals surface area contributed by atoms with Crippen molar-refractivity contribution in [1.29, 1.82) is 0 Å². The standard InChI is InChI=1S/C8H6O4.C7H12O4/c9-7(10)5-1-2-6(4-3-5)8(11)12;1-10-6(8)4-3-5-7(9)11-2/h1-4H,(H,9,10)(H,11,12);3-5H2,1-2H3. The van der Waals surface area contributed by atoms with Crippen LogP contribution in [0, 0.1) is 0 Å². The van der Waals surface area contributed by atoms with Crippen molar-refractivity contribution >= 4 is 23.9 Å².